The molecular formula is C18H19N3. The van der Waals surface area contributed by atoms with Gasteiger partial charge in [0.15, 0.2) is 0 Å². The van der Waals surface area contributed by atoms with Crippen LogP contribution in [0.15, 0.2) is 54.9 Å². The lowest BCUT2D eigenvalue weighted by Gasteiger charge is -2.43. The fraction of sp³-hybridized carbons (Fsp3) is 0.333. The van der Waals surface area contributed by atoms with Gasteiger partial charge in [-0.05, 0) is 49.1 Å². The maximum Gasteiger partial charge on any atom is 0.0852 e. The predicted molar refractivity (Wildman–Crippen MR) is 82.7 cm³/mol. The Morgan fingerprint density at radius 1 is 1.14 bits per heavy atom. The Morgan fingerprint density at radius 3 is 2.52 bits per heavy atom. The van der Waals surface area contributed by atoms with Crippen molar-refractivity contribution >= 4 is 0 Å². The molecular weight excluding hydrogens is 258 g/mol. The average molecular weight is 277 g/mol. The Bertz CT molecular complexity index is 610. The van der Waals surface area contributed by atoms with Crippen LogP contribution in [0, 0.1) is 11.3 Å². The molecule has 1 N–H and O–H groups in total. The lowest BCUT2D eigenvalue weighted by atomic mass is 9.62. The molecule has 0 atom stereocenters. The molecule has 1 fully saturated rings. The summed E-state index contributed by atoms with van der Waals surface area (Å²) in [4.78, 5) is 4.02. The van der Waals surface area contributed by atoms with E-state index in [2.05, 4.69) is 28.5 Å². The molecule has 0 radical (unpaired) electrons. The van der Waals surface area contributed by atoms with Crippen molar-refractivity contribution in [3.05, 3.63) is 66.0 Å². The lowest BCUT2D eigenvalue weighted by Crippen LogP contribution is -2.51. The molecule has 3 heteroatoms. The first-order valence-electron chi connectivity index (χ1n) is 7.41. The Morgan fingerprint density at radius 2 is 1.86 bits per heavy atom. The Hall–Kier alpha value is -2.18. The monoisotopic (exact) mass is 277 g/mol. The van der Waals surface area contributed by atoms with Crippen LogP contribution < -0.4 is 5.32 Å². The van der Waals surface area contributed by atoms with Gasteiger partial charge in [-0.3, -0.25) is 4.98 Å². The zero-order valence-electron chi connectivity index (χ0n) is 12.0. The molecule has 21 heavy (non-hydrogen) atoms. The number of pyridine rings is 1. The first-order chi connectivity index (χ1) is 10.3. The summed E-state index contributed by atoms with van der Waals surface area (Å²) in [5.41, 5.74) is 2.17. The van der Waals surface area contributed by atoms with Gasteiger partial charge in [0.05, 0.1) is 11.5 Å². The minimum Gasteiger partial charge on any atom is -0.314 e. The Kier molecular flexibility index (Phi) is 3.98. The number of hydrogen-bond acceptors (Lipinski definition) is 3. The van der Waals surface area contributed by atoms with E-state index in [-0.39, 0.29) is 5.41 Å². The maximum absolute atomic E-state index is 9.53. The minimum atomic E-state index is -0.282. The van der Waals surface area contributed by atoms with Crippen molar-refractivity contribution in [2.75, 3.05) is 6.54 Å². The summed E-state index contributed by atoms with van der Waals surface area (Å²) in [5.74, 6) is 0. The Balaban J connectivity index is 1.50. The lowest BCUT2D eigenvalue weighted by molar-refractivity contribution is 0.228. The molecule has 3 nitrogen and oxygen atoms in total. The van der Waals surface area contributed by atoms with Gasteiger partial charge in [-0.1, -0.05) is 30.3 Å². The molecule has 1 aliphatic rings. The number of benzene rings is 1. The van der Waals surface area contributed by atoms with E-state index in [0.29, 0.717) is 6.04 Å². The van der Waals surface area contributed by atoms with Gasteiger partial charge in [-0.25, -0.2) is 0 Å². The summed E-state index contributed by atoms with van der Waals surface area (Å²) in [6, 6.07) is 17.2. The third kappa shape index (κ3) is 2.96. The molecule has 1 saturated carbocycles. The number of hydrogen-bond donors (Lipinski definition) is 1. The molecule has 1 aromatic carbocycles. The first-order valence-corrected chi connectivity index (χ1v) is 7.41. The van der Waals surface area contributed by atoms with Crippen molar-refractivity contribution in [1.29, 1.82) is 5.26 Å². The molecule has 0 saturated heterocycles. The van der Waals surface area contributed by atoms with Gasteiger partial charge in [0.2, 0.25) is 0 Å². The maximum atomic E-state index is 9.53. The Labute approximate surface area is 125 Å². The van der Waals surface area contributed by atoms with Crippen LogP contribution in [0.1, 0.15) is 24.0 Å². The number of nitrogens with one attached hydrogen (secondary N) is 1. The summed E-state index contributed by atoms with van der Waals surface area (Å²) >= 11 is 0. The zero-order chi connectivity index (χ0) is 14.5. The number of nitriles is 1. The molecule has 3 rings (SSSR count). The van der Waals surface area contributed by atoms with E-state index < -0.39 is 0 Å². The summed E-state index contributed by atoms with van der Waals surface area (Å²) in [5, 5.41) is 13.1. The van der Waals surface area contributed by atoms with E-state index in [9.17, 15) is 5.26 Å². The normalized spacial score (nSPS) is 24.0. The van der Waals surface area contributed by atoms with E-state index in [1.54, 1.807) is 0 Å². The second-order valence-electron chi connectivity index (χ2n) is 5.72. The van der Waals surface area contributed by atoms with Crippen LogP contribution in [0.25, 0.3) is 0 Å². The summed E-state index contributed by atoms with van der Waals surface area (Å²) < 4.78 is 0. The SMILES string of the molecule is N#CC1(c2ccccc2)CC(NCCc2ccncc2)C1. The second-order valence-corrected chi connectivity index (χ2v) is 5.72. The first kappa shape index (κ1) is 13.8. The van der Waals surface area contributed by atoms with E-state index >= 15 is 0 Å². The summed E-state index contributed by atoms with van der Waals surface area (Å²) in [6.45, 7) is 0.949. The highest BCUT2D eigenvalue weighted by Gasteiger charge is 2.45. The third-order valence-electron chi connectivity index (χ3n) is 4.33. The molecule has 0 bridgehead atoms. The molecule has 1 aromatic heterocycles. The second kappa shape index (κ2) is 6.07. The fourth-order valence-corrected chi connectivity index (χ4v) is 3.04. The molecule has 0 amide bonds. The van der Waals surface area contributed by atoms with Gasteiger partial charge in [-0.15, -0.1) is 0 Å². The highest BCUT2D eigenvalue weighted by atomic mass is 14.9. The molecule has 2 aromatic rings. The zero-order valence-corrected chi connectivity index (χ0v) is 12.0. The topological polar surface area (TPSA) is 48.7 Å². The number of nitrogens with zero attached hydrogens (tertiary/aromatic N) is 2. The van der Waals surface area contributed by atoms with Crippen molar-refractivity contribution in [2.24, 2.45) is 0 Å². The van der Waals surface area contributed by atoms with Crippen LogP contribution >= 0.6 is 0 Å². The molecule has 0 aliphatic heterocycles. The highest BCUT2D eigenvalue weighted by Crippen LogP contribution is 2.43. The number of aromatic nitrogens is 1. The van der Waals surface area contributed by atoms with Gasteiger partial charge < -0.3 is 5.32 Å². The van der Waals surface area contributed by atoms with Crippen molar-refractivity contribution < 1.29 is 0 Å². The van der Waals surface area contributed by atoms with Crippen LogP contribution in [-0.2, 0) is 11.8 Å². The smallest absolute Gasteiger partial charge is 0.0852 e. The van der Waals surface area contributed by atoms with Gasteiger partial charge in [0.1, 0.15) is 0 Å². The van der Waals surface area contributed by atoms with Crippen molar-refractivity contribution in [1.82, 2.24) is 10.3 Å². The molecule has 1 heterocycles. The third-order valence-corrected chi connectivity index (χ3v) is 4.33. The molecule has 0 unspecified atom stereocenters. The van der Waals surface area contributed by atoms with Crippen molar-refractivity contribution in [2.45, 2.75) is 30.7 Å². The highest BCUT2D eigenvalue weighted by molar-refractivity contribution is 5.36. The fourth-order valence-electron chi connectivity index (χ4n) is 3.04. The van der Waals surface area contributed by atoms with Crippen LogP contribution in [0.4, 0.5) is 0 Å². The van der Waals surface area contributed by atoms with Crippen LogP contribution in [0.2, 0.25) is 0 Å². The van der Waals surface area contributed by atoms with Gasteiger partial charge in [0.25, 0.3) is 0 Å². The average Bonchev–Trinajstić information content (AvgIpc) is 2.52. The van der Waals surface area contributed by atoms with E-state index in [1.165, 1.54) is 5.56 Å². The minimum absolute atomic E-state index is 0.282. The van der Waals surface area contributed by atoms with Crippen molar-refractivity contribution in [3.8, 4) is 6.07 Å². The summed E-state index contributed by atoms with van der Waals surface area (Å²) in [7, 11) is 0. The predicted octanol–water partition coefficient (Wildman–Crippen LogP) is 2.84. The van der Waals surface area contributed by atoms with Crippen molar-refractivity contribution in [3.63, 3.8) is 0 Å². The number of rotatable bonds is 5. The summed E-state index contributed by atoms with van der Waals surface area (Å²) in [6.07, 6.45) is 6.47. The van der Waals surface area contributed by atoms with Crippen LogP contribution in [0.5, 0.6) is 0 Å². The van der Waals surface area contributed by atoms with Crippen LogP contribution in [-0.4, -0.2) is 17.6 Å². The van der Waals surface area contributed by atoms with E-state index in [0.717, 1.165) is 31.4 Å². The van der Waals surface area contributed by atoms with Crippen LogP contribution in [0.3, 0.4) is 0 Å². The quantitative estimate of drug-likeness (QED) is 0.914. The molecule has 1 aliphatic carbocycles. The van der Waals surface area contributed by atoms with Gasteiger partial charge in [0, 0.05) is 18.4 Å². The molecule has 0 spiro atoms. The van der Waals surface area contributed by atoms with E-state index in [1.807, 2.05) is 42.7 Å². The molecule has 106 valence electrons. The van der Waals surface area contributed by atoms with E-state index in [4.69, 9.17) is 0 Å². The van der Waals surface area contributed by atoms with Gasteiger partial charge in [-0.2, -0.15) is 5.26 Å². The largest absolute Gasteiger partial charge is 0.314 e. The van der Waals surface area contributed by atoms with Gasteiger partial charge >= 0.3 is 0 Å². The standard InChI is InChI=1S/C18H19N3/c19-14-18(16-4-2-1-3-5-16)12-17(13-18)21-11-8-15-6-9-20-10-7-15/h1-7,9-10,17,21H,8,11-13H2.